The molecule has 0 heterocycles. The molecule has 1 rings (SSSR count). The molecule has 0 N–H and O–H groups in total. The molecule has 0 radical (unpaired) electrons. The molecular weight excluding hydrogens is 323 g/mol. The van der Waals surface area contributed by atoms with Gasteiger partial charge in [-0.25, -0.2) is 12.8 Å². The third-order valence-electron chi connectivity index (χ3n) is 2.89. The van der Waals surface area contributed by atoms with E-state index in [4.69, 9.17) is 0 Å². The van der Waals surface area contributed by atoms with E-state index in [0.29, 0.717) is 10.0 Å². The molecule has 1 aromatic rings. The SMILES string of the molecule is CC(C)(C(=O)Cc1cc(F)cc(Br)c1)S(C)(=O)=O. The number of benzene rings is 1. The van der Waals surface area contributed by atoms with E-state index in [1.54, 1.807) is 6.07 Å². The number of rotatable bonds is 4. The van der Waals surface area contributed by atoms with Gasteiger partial charge in [0.15, 0.2) is 15.6 Å². The first kappa shape index (κ1) is 15.3. The van der Waals surface area contributed by atoms with Gasteiger partial charge in [0.25, 0.3) is 0 Å². The first-order valence-corrected chi connectivity index (χ1v) is 7.90. The van der Waals surface area contributed by atoms with Gasteiger partial charge in [-0.2, -0.15) is 0 Å². The number of hydrogen-bond donors (Lipinski definition) is 0. The molecular formula is C12H14BrFO3S. The van der Waals surface area contributed by atoms with Crippen molar-refractivity contribution >= 4 is 31.6 Å². The second-order valence-electron chi connectivity index (χ2n) is 4.66. The lowest BCUT2D eigenvalue weighted by Gasteiger charge is -2.20. The number of carbonyl (C=O) groups excluding carboxylic acids is 1. The van der Waals surface area contributed by atoms with Gasteiger partial charge in [-0.3, -0.25) is 4.79 Å². The lowest BCUT2D eigenvalue weighted by molar-refractivity contribution is -0.120. The Morgan fingerprint density at radius 1 is 1.33 bits per heavy atom. The highest BCUT2D eigenvalue weighted by atomic mass is 79.9. The average molecular weight is 337 g/mol. The lowest BCUT2D eigenvalue weighted by atomic mass is 10.0. The van der Waals surface area contributed by atoms with Gasteiger partial charge in [0.1, 0.15) is 10.6 Å². The van der Waals surface area contributed by atoms with Crippen LogP contribution >= 0.6 is 15.9 Å². The quantitative estimate of drug-likeness (QED) is 0.848. The maximum absolute atomic E-state index is 13.1. The standard InChI is InChI=1S/C12H14BrFO3S/c1-12(2,18(3,16)17)11(15)6-8-4-9(13)7-10(14)5-8/h4-5,7H,6H2,1-3H3. The van der Waals surface area contributed by atoms with Gasteiger partial charge in [-0.1, -0.05) is 15.9 Å². The number of carbonyl (C=O) groups is 1. The molecule has 18 heavy (non-hydrogen) atoms. The summed E-state index contributed by atoms with van der Waals surface area (Å²) in [6, 6.07) is 4.09. The smallest absolute Gasteiger partial charge is 0.159 e. The Balaban J connectivity index is 3.02. The van der Waals surface area contributed by atoms with E-state index in [-0.39, 0.29) is 6.42 Å². The molecule has 0 atom stereocenters. The molecule has 0 bridgehead atoms. The summed E-state index contributed by atoms with van der Waals surface area (Å²) in [6.45, 7) is 2.72. The molecule has 6 heteroatoms. The van der Waals surface area contributed by atoms with Gasteiger partial charge >= 0.3 is 0 Å². The molecule has 0 aliphatic heterocycles. The number of Topliss-reactive ketones (excluding diaryl/α,β-unsaturated/α-hetero) is 1. The Kier molecular flexibility index (Phi) is 4.33. The zero-order valence-electron chi connectivity index (χ0n) is 10.3. The van der Waals surface area contributed by atoms with Crippen molar-refractivity contribution < 1.29 is 17.6 Å². The minimum Gasteiger partial charge on any atom is -0.298 e. The molecule has 0 saturated carbocycles. The fraction of sp³-hybridized carbons (Fsp3) is 0.417. The molecule has 0 spiro atoms. The van der Waals surface area contributed by atoms with E-state index in [0.717, 1.165) is 6.26 Å². The van der Waals surface area contributed by atoms with Crippen LogP contribution in [0.25, 0.3) is 0 Å². The van der Waals surface area contributed by atoms with Gasteiger partial charge in [0.05, 0.1) is 0 Å². The van der Waals surface area contributed by atoms with Crippen molar-refractivity contribution in [2.45, 2.75) is 25.0 Å². The fourth-order valence-electron chi connectivity index (χ4n) is 1.32. The Labute approximate surface area is 114 Å². The summed E-state index contributed by atoms with van der Waals surface area (Å²) in [5, 5.41) is 0. The van der Waals surface area contributed by atoms with E-state index < -0.39 is 26.2 Å². The zero-order chi connectivity index (χ0) is 14.1. The Morgan fingerprint density at radius 2 is 1.89 bits per heavy atom. The van der Waals surface area contributed by atoms with Crippen LogP contribution in [-0.4, -0.2) is 25.2 Å². The molecule has 0 unspecified atom stereocenters. The van der Waals surface area contributed by atoms with Crippen molar-refractivity contribution in [3.63, 3.8) is 0 Å². The average Bonchev–Trinajstić information content (AvgIpc) is 2.13. The van der Waals surface area contributed by atoms with Crippen LogP contribution in [0.1, 0.15) is 19.4 Å². The van der Waals surface area contributed by atoms with Gasteiger partial charge in [0.2, 0.25) is 0 Å². The maximum atomic E-state index is 13.1. The Morgan fingerprint density at radius 3 is 2.33 bits per heavy atom. The third kappa shape index (κ3) is 3.38. The number of hydrogen-bond acceptors (Lipinski definition) is 3. The topological polar surface area (TPSA) is 51.2 Å². The van der Waals surface area contributed by atoms with Crippen LogP contribution in [0.2, 0.25) is 0 Å². The van der Waals surface area contributed by atoms with Crippen LogP contribution in [0.5, 0.6) is 0 Å². The highest BCUT2D eigenvalue weighted by Gasteiger charge is 2.37. The molecule has 0 fully saturated rings. The minimum absolute atomic E-state index is 0.115. The van der Waals surface area contributed by atoms with Crippen LogP contribution in [0.4, 0.5) is 4.39 Å². The Bertz CT molecular complexity index is 559. The normalized spacial score (nSPS) is 12.5. The summed E-state index contributed by atoms with van der Waals surface area (Å²) < 4.78 is 35.2. The van der Waals surface area contributed by atoms with Crippen LogP contribution in [-0.2, 0) is 21.1 Å². The number of halogens is 2. The van der Waals surface area contributed by atoms with E-state index >= 15 is 0 Å². The van der Waals surface area contributed by atoms with Gasteiger partial charge in [-0.05, 0) is 37.6 Å². The van der Waals surface area contributed by atoms with E-state index in [2.05, 4.69) is 15.9 Å². The summed E-state index contributed by atoms with van der Waals surface area (Å²) in [7, 11) is -3.50. The molecule has 0 aliphatic carbocycles. The van der Waals surface area contributed by atoms with Gasteiger partial charge in [-0.15, -0.1) is 0 Å². The monoisotopic (exact) mass is 336 g/mol. The molecule has 3 nitrogen and oxygen atoms in total. The summed E-state index contributed by atoms with van der Waals surface area (Å²) >= 11 is 3.12. The van der Waals surface area contributed by atoms with Crippen molar-refractivity contribution in [1.82, 2.24) is 0 Å². The first-order chi connectivity index (χ1) is 8.04. The van der Waals surface area contributed by atoms with Crippen molar-refractivity contribution in [1.29, 1.82) is 0 Å². The molecule has 100 valence electrons. The fourth-order valence-corrected chi connectivity index (χ4v) is 2.32. The first-order valence-electron chi connectivity index (χ1n) is 5.22. The van der Waals surface area contributed by atoms with E-state index in [9.17, 15) is 17.6 Å². The Hall–Kier alpha value is -0.750. The number of ketones is 1. The van der Waals surface area contributed by atoms with Crippen molar-refractivity contribution in [2.24, 2.45) is 0 Å². The van der Waals surface area contributed by atoms with Crippen LogP contribution in [0.15, 0.2) is 22.7 Å². The number of sulfone groups is 1. The van der Waals surface area contributed by atoms with Crippen LogP contribution in [0, 0.1) is 5.82 Å². The molecule has 0 saturated heterocycles. The van der Waals surface area contributed by atoms with E-state index in [1.807, 2.05) is 0 Å². The maximum Gasteiger partial charge on any atom is 0.159 e. The summed E-state index contributed by atoms with van der Waals surface area (Å²) in [5.74, 6) is -0.924. The van der Waals surface area contributed by atoms with Gasteiger partial charge < -0.3 is 0 Å². The highest BCUT2D eigenvalue weighted by Crippen LogP contribution is 2.21. The van der Waals surface area contributed by atoms with E-state index in [1.165, 1.54) is 26.0 Å². The van der Waals surface area contributed by atoms with Crippen molar-refractivity contribution in [3.05, 3.63) is 34.1 Å². The molecule has 1 aromatic carbocycles. The summed E-state index contributed by atoms with van der Waals surface area (Å²) in [4.78, 5) is 12.0. The second kappa shape index (κ2) is 5.09. The predicted octanol–water partition coefficient (Wildman–Crippen LogP) is 2.52. The largest absolute Gasteiger partial charge is 0.298 e. The zero-order valence-corrected chi connectivity index (χ0v) is 12.7. The summed E-state index contributed by atoms with van der Waals surface area (Å²) in [6.07, 6.45) is 0.906. The second-order valence-corrected chi connectivity index (χ2v) is 8.14. The predicted molar refractivity (Wildman–Crippen MR) is 71.7 cm³/mol. The van der Waals surface area contributed by atoms with Crippen LogP contribution in [0.3, 0.4) is 0 Å². The molecule has 0 aliphatic rings. The highest BCUT2D eigenvalue weighted by molar-refractivity contribution is 9.10. The van der Waals surface area contributed by atoms with Gasteiger partial charge in [0, 0.05) is 17.1 Å². The molecule has 0 amide bonds. The van der Waals surface area contributed by atoms with Crippen molar-refractivity contribution in [3.8, 4) is 0 Å². The lowest BCUT2D eigenvalue weighted by Crippen LogP contribution is -2.40. The van der Waals surface area contributed by atoms with Crippen molar-refractivity contribution in [2.75, 3.05) is 6.26 Å². The van der Waals surface area contributed by atoms with Crippen LogP contribution < -0.4 is 0 Å². The third-order valence-corrected chi connectivity index (χ3v) is 5.42. The summed E-state index contributed by atoms with van der Waals surface area (Å²) in [5.41, 5.74) is 0.448. The molecule has 0 aromatic heterocycles. The minimum atomic E-state index is -3.50.